The first-order chi connectivity index (χ1) is 16.5. The lowest BCUT2D eigenvalue weighted by atomic mass is 9.94. The molecule has 4 rings (SSSR count). The van der Waals surface area contributed by atoms with Crippen molar-refractivity contribution in [2.75, 3.05) is 25.7 Å². The summed E-state index contributed by atoms with van der Waals surface area (Å²) in [6, 6.07) is 19.8. The summed E-state index contributed by atoms with van der Waals surface area (Å²) in [5.41, 5.74) is 1.44. The van der Waals surface area contributed by atoms with Gasteiger partial charge in [0.25, 0.3) is 11.7 Å². The molecule has 174 valence electrons. The van der Waals surface area contributed by atoms with Gasteiger partial charge in [-0.3, -0.25) is 14.5 Å². The Hall–Kier alpha value is -4.26. The van der Waals surface area contributed by atoms with Crippen LogP contribution in [0.1, 0.15) is 24.1 Å². The molecule has 1 aliphatic rings. The average molecular weight is 459 g/mol. The van der Waals surface area contributed by atoms with Crippen molar-refractivity contribution in [3.8, 4) is 17.2 Å². The van der Waals surface area contributed by atoms with Crippen molar-refractivity contribution in [1.82, 2.24) is 0 Å². The Kier molecular flexibility index (Phi) is 6.54. The Balaban J connectivity index is 1.94. The van der Waals surface area contributed by atoms with Crippen LogP contribution in [-0.4, -0.2) is 37.6 Å². The lowest BCUT2D eigenvalue weighted by Crippen LogP contribution is -2.29. The minimum atomic E-state index is -0.918. The fourth-order valence-corrected chi connectivity index (χ4v) is 4.06. The topological polar surface area (TPSA) is 85.3 Å². The van der Waals surface area contributed by atoms with Gasteiger partial charge in [0, 0.05) is 22.9 Å². The smallest absolute Gasteiger partial charge is 0.300 e. The van der Waals surface area contributed by atoms with Crippen LogP contribution in [0.25, 0.3) is 5.76 Å². The maximum absolute atomic E-state index is 13.3. The predicted molar refractivity (Wildman–Crippen MR) is 128 cm³/mol. The highest BCUT2D eigenvalue weighted by atomic mass is 16.5. The van der Waals surface area contributed by atoms with Gasteiger partial charge in [0.05, 0.1) is 32.4 Å². The number of benzene rings is 3. The van der Waals surface area contributed by atoms with Crippen LogP contribution in [0.3, 0.4) is 0 Å². The van der Waals surface area contributed by atoms with Crippen molar-refractivity contribution >= 4 is 23.1 Å². The molecule has 7 nitrogen and oxygen atoms in total. The number of ether oxygens (including phenoxy) is 3. The van der Waals surface area contributed by atoms with E-state index in [1.54, 1.807) is 72.8 Å². The Labute approximate surface area is 197 Å². The Bertz CT molecular complexity index is 1230. The molecule has 0 radical (unpaired) electrons. The molecule has 1 atom stereocenters. The number of methoxy groups -OCH3 is 2. The van der Waals surface area contributed by atoms with Crippen molar-refractivity contribution in [1.29, 1.82) is 0 Å². The number of rotatable bonds is 7. The van der Waals surface area contributed by atoms with Gasteiger partial charge in [0.2, 0.25) is 0 Å². The number of aliphatic hydroxyl groups excluding tert-OH is 1. The van der Waals surface area contributed by atoms with E-state index in [0.717, 1.165) is 0 Å². The van der Waals surface area contributed by atoms with Gasteiger partial charge in [-0.1, -0.05) is 30.3 Å². The van der Waals surface area contributed by atoms with Crippen LogP contribution in [0.2, 0.25) is 0 Å². The molecule has 3 aromatic rings. The lowest BCUT2D eigenvalue weighted by Gasteiger charge is -2.27. The summed E-state index contributed by atoms with van der Waals surface area (Å²) in [5, 5.41) is 11.2. The average Bonchev–Trinajstić information content (AvgIpc) is 3.14. The summed E-state index contributed by atoms with van der Waals surface area (Å²) in [4.78, 5) is 28.0. The summed E-state index contributed by atoms with van der Waals surface area (Å²) in [6.07, 6.45) is 0. The normalized spacial score (nSPS) is 17.0. The summed E-state index contributed by atoms with van der Waals surface area (Å²) in [5.74, 6) is -0.161. The molecule has 0 aliphatic carbocycles. The van der Waals surface area contributed by atoms with E-state index in [0.29, 0.717) is 40.7 Å². The van der Waals surface area contributed by atoms with Gasteiger partial charge in [-0.15, -0.1) is 0 Å². The van der Waals surface area contributed by atoms with Gasteiger partial charge in [-0.2, -0.15) is 0 Å². The second kappa shape index (κ2) is 9.70. The van der Waals surface area contributed by atoms with Gasteiger partial charge < -0.3 is 19.3 Å². The van der Waals surface area contributed by atoms with E-state index in [1.165, 1.54) is 19.1 Å². The van der Waals surface area contributed by atoms with E-state index in [4.69, 9.17) is 14.2 Å². The van der Waals surface area contributed by atoms with Gasteiger partial charge >= 0.3 is 0 Å². The monoisotopic (exact) mass is 459 g/mol. The molecule has 1 aliphatic heterocycles. The van der Waals surface area contributed by atoms with Crippen LogP contribution < -0.4 is 19.1 Å². The Morgan fingerprint density at radius 1 is 0.912 bits per heavy atom. The third-order valence-electron chi connectivity index (χ3n) is 5.65. The summed E-state index contributed by atoms with van der Waals surface area (Å²) < 4.78 is 16.4. The molecule has 1 saturated heterocycles. The van der Waals surface area contributed by atoms with E-state index in [2.05, 4.69) is 0 Å². The zero-order valence-corrected chi connectivity index (χ0v) is 19.1. The number of carbonyl (C=O) groups is 2. The zero-order chi connectivity index (χ0) is 24.2. The van der Waals surface area contributed by atoms with Crippen molar-refractivity contribution in [3.05, 3.63) is 89.5 Å². The highest BCUT2D eigenvalue weighted by molar-refractivity contribution is 6.51. The molecule has 1 fully saturated rings. The minimum Gasteiger partial charge on any atom is -0.507 e. The van der Waals surface area contributed by atoms with E-state index in [-0.39, 0.29) is 11.3 Å². The van der Waals surface area contributed by atoms with E-state index in [1.807, 2.05) is 6.92 Å². The number of aliphatic hydroxyl groups is 1. The highest BCUT2D eigenvalue weighted by Gasteiger charge is 2.48. The van der Waals surface area contributed by atoms with Gasteiger partial charge in [0.1, 0.15) is 23.0 Å². The second-order valence-corrected chi connectivity index (χ2v) is 7.57. The Morgan fingerprint density at radius 3 is 2.21 bits per heavy atom. The summed E-state index contributed by atoms with van der Waals surface area (Å²) in [7, 11) is 3.04. The quantitative estimate of drug-likeness (QED) is 0.312. The molecule has 34 heavy (non-hydrogen) atoms. The molecule has 0 unspecified atom stereocenters. The molecule has 0 bridgehead atoms. The molecule has 1 N–H and O–H groups in total. The maximum Gasteiger partial charge on any atom is 0.300 e. The van der Waals surface area contributed by atoms with Crippen LogP contribution >= 0.6 is 0 Å². The first-order valence-electron chi connectivity index (χ1n) is 10.8. The number of nitrogens with zero attached hydrogens (tertiary/aromatic N) is 1. The third-order valence-corrected chi connectivity index (χ3v) is 5.65. The molecule has 0 spiro atoms. The first-order valence-corrected chi connectivity index (χ1v) is 10.8. The van der Waals surface area contributed by atoms with Crippen LogP contribution in [0.4, 0.5) is 5.69 Å². The molecular weight excluding hydrogens is 434 g/mol. The standard InChI is InChI=1S/C27H25NO6/c1-4-34-19-12-10-18(11-13-19)28-24(21-15-14-20(32-2)16-22(21)33-3)23(26(30)27(28)31)25(29)17-8-6-5-7-9-17/h5-16,24,29H,4H2,1-3H3/b25-23+/t24-/m1/s1. The maximum atomic E-state index is 13.3. The zero-order valence-electron chi connectivity index (χ0n) is 19.1. The van der Waals surface area contributed by atoms with E-state index in [9.17, 15) is 14.7 Å². The molecule has 1 amide bonds. The lowest BCUT2D eigenvalue weighted by molar-refractivity contribution is -0.132. The fraction of sp³-hybridized carbons (Fsp3) is 0.185. The number of Topliss-reactive ketones (excluding diaryl/α,β-unsaturated/α-hetero) is 1. The predicted octanol–water partition coefficient (Wildman–Crippen LogP) is 4.73. The largest absolute Gasteiger partial charge is 0.507 e. The van der Waals surface area contributed by atoms with Crippen molar-refractivity contribution in [3.63, 3.8) is 0 Å². The SMILES string of the molecule is CCOc1ccc(N2C(=O)C(=O)/C(=C(/O)c3ccccc3)[C@H]2c2ccc(OC)cc2OC)cc1. The van der Waals surface area contributed by atoms with Gasteiger partial charge in [-0.25, -0.2) is 0 Å². The van der Waals surface area contributed by atoms with Crippen LogP contribution in [0, 0.1) is 0 Å². The summed E-state index contributed by atoms with van der Waals surface area (Å²) in [6.45, 7) is 2.38. The number of amides is 1. The van der Waals surface area contributed by atoms with E-state index < -0.39 is 17.7 Å². The van der Waals surface area contributed by atoms with Crippen molar-refractivity contribution in [2.24, 2.45) is 0 Å². The van der Waals surface area contributed by atoms with Gasteiger partial charge in [0.15, 0.2) is 0 Å². The van der Waals surface area contributed by atoms with E-state index >= 15 is 0 Å². The van der Waals surface area contributed by atoms with Crippen LogP contribution in [-0.2, 0) is 9.59 Å². The molecule has 3 aromatic carbocycles. The van der Waals surface area contributed by atoms with Crippen molar-refractivity contribution in [2.45, 2.75) is 13.0 Å². The molecule has 0 saturated carbocycles. The van der Waals surface area contributed by atoms with Gasteiger partial charge in [-0.05, 0) is 43.3 Å². The number of anilines is 1. The van der Waals surface area contributed by atoms with Crippen molar-refractivity contribution < 1.29 is 28.9 Å². The number of ketones is 1. The second-order valence-electron chi connectivity index (χ2n) is 7.57. The third kappa shape index (κ3) is 4.08. The van der Waals surface area contributed by atoms with Crippen LogP contribution in [0.5, 0.6) is 17.2 Å². The summed E-state index contributed by atoms with van der Waals surface area (Å²) >= 11 is 0. The minimum absolute atomic E-state index is 0.0199. The highest BCUT2D eigenvalue weighted by Crippen LogP contribution is 2.45. The molecular formula is C27H25NO6. The number of carbonyl (C=O) groups excluding carboxylic acids is 2. The fourth-order valence-electron chi connectivity index (χ4n) is 4.06. The number of hydrogen-bond donors (Lipinski definition) is 1. The first kappa shape index (κ1) is 22.9. The van der Waals surface area contributed by atoms with Crippen LogP contribution in [0.15, 0.2) is 78.4 Å². The number of hydrogen-bond acceptors (Lipinski definition) is 6. The molecule has 0 aromatic heterocycles. The molecule has 7 heteroatoms. The Morgan fingerprint density at radius 2 is 1.59 bits per heavy atom. The molecule has 1 heterocycles.